The smallest absolute Gasteiger partial charge is 0.227 e. The van der Waals surface area contributed by atoms with E-state index in [1.54, 1.807) is 0 Å². The van der Waals surface area contributed by atoms with Crippen LogP contribution in [0.3, 0.4) is 0 Å². The first-order valence-electron chi connectivity index (χ1n) is 8.76. The van der Waals surface area contributed by atoms with E-state index in [2.05, 4.69) is 30.6 Å². The van der Waals surface area contributed by atoms with Crippen LogP contribution in [0.15, 0.2) is 54.6 Å². The van der Waals surface area contributed by atoms with Crippen molar-refractivity contribution in [2.75, 3.05) is 10.6 Å². The molecule has 4 rings (SSSR count). The van der Waals surface area contributed by atoms with Crippen molar-refractivity contribution in [1.29, 1.82) is 0 Å². The van der Waals surface area contributed by atoms with Crippen LogP contribution in [0.25, 0.3) is 11.0 Å². The molecule has 0 fully saturated rings. The van der Waals surface area contributed by atoms with E-state index >= 15 is 0 Å². The molecule has 0 saturated carbocycles. The molecule has 0 saturated heterocycles. The lowest BCUT2D eigenvalue weighted by molar-refractivity contribution is 1.06. The Kier molecular flexibility index (Phi) is 4.38. The Bertz CT molecular complexity index is 1100. The molecule has 0 aliphatic heterocycles. The summed E-state index contributed by atoms with van der Waals surface area (Å²) in [6, 6.07) is 17.7. The number of hydrogen-bond donors (Lipinski definition) is 2. The molecule has 2 N–H and O–H groups in total. The van der Waals surface area contributed by atoms with Gasteiger partial charge in [0.15, 0.2) is 5.82 Å². The van der Waals surface area contributed by atoms with Gasteiger partial charge in [-0.15, -0.1) is 0 Å². The highest BCUT2D eigenvalue weighted by Crippen LogP contribution is 2.23. The molecule has 6 nitrogen and oxygen atoms in total. The molecule has 0 radical (unpaired) electrons. The van der Waals surface area contributed by atoms with Crippen LogP contribution in [0.2, 0.25) is 0 Å². The van der Waals surface area contributed by atoms with Crippen molar-refractivity contribution in [3.63, 3.8) is 0 Å². The molecule has 0 amide bonds. The number of nitrogens with zero attached hydrogens (tertiary/aromatic N) is 4. The maximum absolute atomic E-state index is 4.69. The van der Waals surface area contributed by atoms with Gasteiger partial charge in [-0.3, -0.25) is 0 Å². The quantitative estimate of drug-likeness (QED) is 0.545. The molecule has 0 unspecified atom stereocenters. The van der Waals surface area contributed by atoms with Crippen molar-refractivity contribution in [1.82, 2.24) is 19.9 Å². The highest BCUT2D eigenvalue weighted by atomic mass is 15.1. The van der Waals surface area contributed by atoms with Crippen LogP contribution in [0.5, 0.6) is 0 Å². The van der Waals surface area contributed by atoms with Crippen LogP contribution < -0.4 is 10.6 Å². The lowest BCUT2D eigenvalue weighted by atomic mass is 10.2. The molecular weight excluding hydrogens is 336 g/mol. The summed E-state index contributed by atoms with van der Waals surface area (Å²) in [5, 5.41) is 6.62. The molecule has 6 heteroatoms. The van der Waals surface area contributed by atoms with Crippen molar-refractivity contribution >= 4 is 34.2 Å². The number of para-hydroxylation sites is 2. The second kappa shape index (κ2) is 6.99. The van der Waals surface area contributed by atoms with E-state index in [1.165, 1.54) is 0 Å². The monoisotopic (exact) mass is 356 g/mol. The molecule has 0 aliphatic rings. The molecule has 4 aromatic rings. The van der Waals surface area contributed by atoms with E-state index in [0.29, 0.717) is 5.95 Å². The Labute approximate surface area is 157 Å². The van der Waals surface area contributed by atoms with E-state index < -0.39 is 0 Å². The number of aromatic nitrogens is 4. The Hall–Kier alpha value is -3.54. The van der Waals surface area contributed by atoms with Crippen molar-refractivity contribution in [3.8, 4) is 0 Å². The number of hydrogen-bond acceptors (Lipinski definition) is 6. The van der Waals surface area contributed by atoms with Crippen LogP contribution in [0.1, 0.15) is 17.1 Å². The molecule has 0 spiro atoms. The summed E-state index contributed by atoms with van der Waals surface area (Å²) < 4.78 is 0. The summed E-state index contributed by atoms with van der Waals surface area (Å²) in [4.78, 5) is 18.2. The van der Waals surface area contributed by atoms with Gasteiger partial charge in [-0.05, 0) is 57.2 Å². The third-order valence-corrected chi connectivity index (χ3v) is 4.11. The fourth-order valence-electron chi connectivity index (χ4n) is 2.93. The molecule has 2 aromatic carbocycles. The standard InChI is InChI=1S/C21H20N6/c1-13-11-14(2)23-21(22-13)26-17-8-6-7-16(12-17)25-20-15(3)24-18-9-4-5-10-19(18)27-20/h4-12H,1-3H3,(H,25,27)(H,22,23,26). The Morgan fingerprint density at radius 3 is 1.96 bits per heavy atom. The van der Waals surface area contributed by atoms with Crippen molar-refractivity contribution in [2.45, 2.75) is 20.8 Å². The van der Waals surface area contributed by atoms with Crippen LogP contribution in [-0.4, -0.2) is 19.9 Å². The van der Waals surface area contributed by atoms with Gasteiger partial charge in [0.25, 0.3) is 0 Å². The van der Waals surface area contributed by atoms with Crippen LogP contribution in [-0.2, 0) is 0 Å². The normalized spacial score (nSPS) is 10.8. The van der Waals surface area contributed by atoms with E-state index in [9.17, 15) is 0 Å². The first kappa shape index (κ1) is 16.9. The molecule has 0 bridgehead atoms. The minimum atomic E-state index is 0.589. The van der Waals surface area contributed by atoms with Gasteiger partial charge in [-0.25, -0.2) is 19.9 Å². The Morgan fingerprint density at radius 2 is 1.26 bits per heavy atom. The first-order valence-corrected chi connectivity index (χ1v) is 8.76. The number of rotatable bonds is 4. The zero-order chi connectivity index (χ0) is 18.8. The molecule has 2 aromatic heterocycles. The van der Waals surface area contributed by atoms with Gasteiger partial charge in [-0.2, -0.15) is 0 Å². The highest BCUT2D eigenvalue weighted by molar-refractivity contribution is 5.77. The van der Waals surface area contributed by atoms with Gasteiger partial charge in [0.1, 0.15) is 0 Å². The molecule has 27 heavy (non-hydrogen) atoms. The largest absolute Gasteiger partial charge is 0.339 e. The maximum atomic E-state index is 4.69. The molecule has 2 heterocycles. The topological polar surface area (TPSA) is 75.6 Å². The summed E-state index contributed by atoms with van der Waals surface area (Å²) in [5.41, 5.74) is 6.28. The number of fused-ring (bicyclic) bond motifs is 1. The Balaban J connectivity index is 1.60. The fraction of sp³-hybridized carbons (Fsp3) is 0.143. The van der Waals surface area contributed by atoms with Gasteiger partial charge < -0.3 is 10.6 Å². The molecule has 0 atom stereocenters. The van der Waals surface area contributed by atoms with Crippen LogP contribution >= 0.6 is 0 Å². The average Bonchev–Trinajstić information content (AvgIpc) is 2.62. The average molecular weight is 356 g/mol. The third-order valence-electron chi connectivity index (χ3n) is 4.11. The first-order chi connectivity index (χ1) is 13.1. The minimum absolute atomic E-state index is 0.589. The number of benzene rings is 2. The highest BCUT2D eigenvalue weighted by Gasteiger charge is 2.06. The van der Waals surface area contributed by atoms with Crippen molar-refractivity contribution < 1.29 is 0 Å². The second-order valence-corrected chi connectivity index (χ2v) is 6.45. The summed E-state index contributed by atoms with van der Waals surface area (Å²) in [7, 11) is 0. The van der Waals surface area contributed by atoms with Crippen molar-refractivity contribution in [3.05, 3.63) is 71.7 Å². The zero-order valence-electron chi connectivity index (χ0n) is 15.5. The lowest BCUT2D eigenvalue weighted by Gasteiger charge is -2.11. The predicted molar refractivity (Wildman–Crippen MR) is 109 cm³/mol. The summed E-state index contributed by atoms with van der Waals surface area (Å²) in [6.07, 6.45) is 0. The summed E-state index contributed by atoms with van der Waals surface area (Å²) >= 11 is 0. The third kappa shape index (κ3) is 3.84. The molecule has 0 aliphatic carbocycles. The SMILES string of the molecule is Cc1cc(C)nc(Nc2cccc(Nc3nc4ccccc4nc3C)c2)n1. The lowest BCUT2D eigenvalue weighted by Crippen LogP contribution is -2.02. The summed E-state index contributed by atoms with van der Waals surface area (Å²) in [5.74, 6) is 1.33. The van der Waals surface area contributed by atoms with Crippen molar-refractivity contribution in [2.24, 2.45) is 0 Å². The van der Waals surface area contributed by atoms with Crippen LogP contribution in [0.4, 0.5) is 23.1 Å². The number of nitrogens with one attached hydrogen (secondary N) is 2. The van der Waals surface area contributed by atoms with Gasteiger partial charge in [0.2, 0.25) is 5.95 Å². The van der Waals surface area contributed by atoms with E-state index in [1.807, 2.05) is 75.4 Å². The van der Waals surface area contributed by atoms with E-state index in [-0.39, 0.29) is 0 Å². The van der Waals surface area contributed by atoms with Crippen LogP contribution in [0, 0.1) is 20.8 Å². The number of aryl methyl sites for hydroxylation is 3. The fourth-order valence-corrected chi connectivity index (χ4v) is 2.93. The van der Waals surface area contributed by atoms with Gasteiger partial charge >= 0.3 is 0 Å². The zero-order valence-corrected chi connectivity index (χ0v) is 15.5. The Morgan fingerprint density at radius 1 is 0.630 bits per heavy atom. The van der Waals surface area contributed by atoms with Gasteiger partial charge in [0.05, 0.1) is 16.7 Å². The minimum Gasteiger partial charge on any atom is -0.339 e. The van der Waals surface area contributed by atoms with Gasteiger partial charge in [-0.1, -0.05) is 18.2 Å². The second-order valence-electron chi connectivity index (χ2n) is 6.45. The van der Waals surface area contributed by atoms with Gasteiger partial charge in [0, 0.05) is 22.8 Å². The molecular formula is C21H20N6. The summed E-state index contributed by atoms with van der Waals surface area (Å²) in [6.45, 7) is 5.87. The predicted octanol–water partition coefficient (Wildman–Crippen LogP) is 4.83. The number of anilines is 4. The molecule has 134 valence electrons. The maximum Gasteiger partial charge on any atom is 0.227 e. The van der Waals surface area contributed by atoms with E-state index in [0.717, 1.165) is 45.3 Å². The van der Waals surface area contributed by atoms with E-state index in [4.69, 9.17) is 0 Å².